The molecule has 160 valence electrons. The van der Waals surface area contributed by atoms with Gasteiger partial charge in [-0.3, -0.25) is 14.5 Å². The number of ether oxygens (including phenoxy) is 2. The van der Waals surface area contributed by atoms with E-state index in [-0.39, 0.29) is 18.4 Å². The molecule has 1 aromatic carbocycles. The molecule has 0 aliphatic carbocycles. The zero-order chi connectivity index (χ0) is 22.0. The molecule has 1 aliphatic heterocycles. The van der Waals surface area contributed by atoms with E-state index in [1.165, 1.54) is 24.0 Å². The molecule has 2 amide bonds. The van der Waals surface area contributed by atoms with Gasteiger partial charge < -0.3 is 9.47 Å². The zero-order valence-corrected chi connectivity index (χ0v) is 17.4. The van der Waals surface area contributed by atoms with Crippen molar-refractivity contribution < 1.29 is 23.9 Å². The third-order valence-corrected chi connectivity index (χ3v) is 4.96. The number of rotatable bonds is 7. The Kier molecular flexibility index (Phi) is 5.79. The molecule has 0 fully saturated rings. The summed E-state index contributed by atoms with van der Waals surface area (Å²) in [5.74, 6) is 0.204. The number of hydrogen-bond acceptors (Lipinski definition) is 7. The molecule has 2 aromatic heterocycles. The highest BCUT2D eigenvalue weighted by atomic mass is 16.7. The lowest BCUT2D eigenvalue weighted by molar-refractivity contribution is -0.207. The number of nitrogens with zero attached hydrogens (tertiary/aromatic N) is 4. The maximum atomic E-state index is 13.3. The van der Waals surface area contributed by atoms with E-state index in [1.807, 2.05) is 18.2 Å². The van der Waals surface area contributed by atoms with Crippen LogP contribution in [0.1, 0.15) is 29.1 Å². The number of benzene rings is 1. The van der Waals surface area contributed by atoms with Crippen LogP contribution in [-0.2, 0) is 14.4 Å². The summed E-state index contributed by atoms with van der Waals surface area (Å²) in [5, 5.41) is 2.00. The second-order valence-electron chi connectivity index (χ2n) is 6.90. The van der Waals surface area contributed by atoms with Crippen LogP contribution in [0.5, 0.6) is 5.88 Å². The van der Waals surface area contributed by atoms with E-state index in [4.69, 9.17) is 14.3 Å². The van der Waals surface area contributed by atoms with Crippen LogP contribution in [0.3, 0.4) is 0 Å². The van der Waals surface area contributed by atoms with E-state index >= 15 is 0 Å². The molecule has 0 saturated heterocycles. The summed E-state index contributed by atoms with van der Waals surface area (Å²) in [4.78, 5) is 41.8. The van der Waals surface area contributed by atoms with E-state index in [9.17, 15) is 9.59 Å². The standard InChI is InChI=1S/C22H22N4O5/c1-14(27)25(12-13-29-2)31-22-17-7-5-4-6-16(17)21(28)26(22)18-10-8-15-9-11-19(30-3)24-20(15)23-18/h4-11,22H,12-13H2,1-3H3. The predicted octanol–water partition coefficient (Wildman–Crippen LogP) is 2.72. The number of hydroxylamine groups is 2. The predicted molar refractivity (Wildman–Crippen MR) is 112 cm³/mol. The van der Waals surface area contributed by atoms with Gasteiger partial charge in [-0.2, -0.15) is 4.98 Å². The smallest absolute Gasteiger partial charge is 0.262 e. The fourth-order valence-corrected chi connectivity index (χ4v) is 3.41. The monoisotopic (exact) mass is 422 g/mol. The number of anilines is 1. The zero-order valence-electron chi connectivity index (χ0n) is 17.4. The highest BCUT2D eigenvalue weighted by Gasteiger charge is 2.41. The van der Waals surface area contributed by atoms with Crippen molar-refractivity contribution in [3.05, 3.63) is 59.7 Å². The molecule has 1 unspecified atom stereocenters. The maximum absolute atomic E-state index is 13.3. The Labute approximate surface area is 179 Å². The average molecular weight is 422 g/mol. The minimum absolute atomic E-state index is 0.219. The average Bonchev–Trinajstić information content (AvgIpc) is 3.07. The van der Waals surface area contributed by atoms with Gasteiger partial charge in [0.2, 0.25) is 11.8 Å². The first-order chi connectivity index (χ1) is 15.0. The largest absolute Gasteiger partial charge is 0.481 e. The molecule has 1 aliphatic rings. The molecule has 3 heterocycles. The summed E-state index contributed by atoms with van der Waals surface area (Å²) < 4.78 is 10.3. The Morgan fingerprint density at radius 3 is 2.61 bits per heavy atom. The minimum Gasteiger partial charge on any atom is -0.481 e. The molecule has 0 spiro atoms. The summed E-state index contributed by atoms with van der Waals surface area (Å²) >= 11 is 0. The molecule has 4 rings (SSSR count). The Morgan fingerprint density at radius 2 is 1.87 bits per heavy atom. The van der Waals surface area contributed by atoms with Gasteiger partial charge in [-0.15, -0.1) is 0 Å². The molecule has 3 aromatic rings. The summed E-state index contributed by atoms with van der Waals surface area (Å²) in [7, 11) is 3.07. The third-order valence-electron chi connectivity index (χ3n) is 4.96. The number of amides is 2. The van der Waals surface area contributed by atoms with Crippen molar-refractivity contribution in [1.29, 1.82) is 0 Å². The van der Waals surface area contributed by atoms with Crippen LogP contribution < -0.4 is 9.64 Å². The number of carbonyl (C=O) groups is 2. The van der Waals surface area contributed by atoms with Crippen molar-refractivity contribution >= 4 is 28.7 Å². The van der Waals surface area contributed by atoms with Gasteiger partial charge in [0.25, 0.3) is 5.91 Å². The molecule has 9 heteroatoms. The molecule has 0 bridgehead atoms. The van der Waals surface area contributed by atoms with Gasteiger partial charge in [-0.25, -0.2) is 14.9 Å². The fraction of sp³-hybridized carbons (Fsp3) is 0.273. The van der Waals surface area contributed by atoms with Gasteiger partial charge >= 0.3 is 0 Å². The number of methoxy groups -OCH3 is 2. The Hall–Kier alpha value is -3.56. The Balaban J connectivity index is 1.76. The van der Waals surface area contributed by atoms with Gasteiger partial charge in [0.05, 0.1) is 20.3 Å². The number of fused-ring (bicyclic) bond motifs is 2. The van der Waals surface area contributed by atoms with E-state index in [1.54, 1.807) is 37.4 Å². The van der Waals surface area contributed by atoms with E-state index < -0.39 is 6.23 Å². The molecule has 1 atom stereocenters. The first-order valence-corrected chi connectivity index (χ1v) is 9.71. The fourth-order valence-electron chi connectivity index (χ4n) is 3.41. The Bertz CT molecular complexity index is 1140. The van der Waals surface area contributed by atoms with Crippen LogP contribution in [0.15, 0.2) is 48.5 Å². The quantitative estimate of drug-likeness (QED) is 0.541. The second kappa shape index (κ2) is 8.66. The molecule has 0 N–H and O–H groups in total. The van der Waals surface area contributed by atoms with E-state index in [0.29, 0.717) is 35.1 Å². The number of aromatic nitrogens is 2. The summed E-state index contributed by atoms with van der Waals surface area (Å²) in [6.07, 6.45) is -0.861. The molecule has 0 saturated carbocycles. The summed E-state index contributed by atoms with van der Waals surface area (Å²) in [6, 6.07) is 14.3. The van der Waals surface area contributed by atoms with Crippen molar-refractivity contribution in [2.75, 3.05) is 32.3 Å². The van der Waals surface area contributed by atoms with Crippen molar-refractivity contribution in [2.24, 2.45) is 0 Å². The Morgan fingerprint density at radius 1 is 1.10 bits per heavy atom. The maximum Gasteiger partial charge on any atom is 0.262 e. The third kappa shape index (κ3) is 3.92. The van der Waals surface area contributed by atoms with Gasteiger partial charge in [-0.1, -0.05) is 18.2 Å². The number of pyridine rings is 2. The molecular weight excluding hydrogens is 400 g/mol. The van der Waals surface area contributed by atoms with Crippen LogP contribution in [0.2, 0.25) is 0 Å². The number of hydrogen-bond donors (Lipinski definition) is 0. The van der Waals surface area contributed by atoms with Crippen LogP contribution in [0, 0.1) is 0 Å². The van der Waals surface area contributed by atoms with E-state index in [0.717, 1.165) is 5.39 Å². The van der Waals surface area contributed by atoms with Crippen molar-refractivity contribution in [3.63, 3.8) is 0 Å². The first-order valence-electron chi connectivity index (χ1n) is 9.71. The van der Waals surface area contributed by atoms with Gasteiger partial charge in [-0.05, 0) is 24.3 Å². The van der Waals surface area contributed by atoms with Crippen molar-refractivity contribution in [1.82, 2.24) is 15.0 Å². The van der Waals surface area contributed by atoms with Crippen LogP contribution in [0.4, 0.5) is 5.82 Å². The van der Waals surface area contributed by atoms with Gasteiger partial charge in [0.15, 0.2) is 11.9 Å². The lowest BCUT2D eigenvalue weighted by atomic mass is 10.1. The first kappa shape index (κ1) is 20.7. The molecule has 31 heavy (non-hydrogen) atoms. The normalized spacial score (nSPS) is 15.3. The van der Waals surface area contributed by atoms with Crippen molar-refractivity contribution in [2.45, 2.75) is 13.2 Å². The molecule has 9 nitrogen and oxygen atoms in total. The lowest BCUT2D eigenvalue weighted by Crippen LogP contribution is -2.39. The number of carbonyl (C=O) groups excluding carboxylic acids is 2. The highest BCUT2D eigenvalue weighted by Crippen LogP contribution is 2.38. The topological polar surface area (TPSA) is 94.1 Å². The second-order valence-corrected chi connectivity index (χ2v) is 6.90. The SMILES string of the molecule is COCCN(OC1c2ccccc2C(=O)N1c1ccc2ccc(OC)nc2n1)C(C)=O. The highest BCUT2D eigenvalue weighted by molar-refractivity contribution is 6.10. The summed E-state index contributed by atoms with van der Waals surface area (Å²) in [6.45, 7) is 1.91. The van der Waals surface area contributed by atoms with Gasteiger partial charge in [0, 0.05) is 36.6 Å². The van der Waals surface area contributed by atoms with Crippen molar-refractivity contribution in [3.8, 4) is 5.88 Å². The molecule has 0 radical (unpaired) electrons. The van der Waals surface area contributed by atoms with E-state index in [2.05, 4.69) is 9.97 Å². The van der Waals surface area contributed by atoms with Gasteiger partial charge in [0.1, 0.15) is 5.82 Å². The van der Waals surface area contributed by atoms with Crippen LogP contribution in [0.25, 0.3) is 11.0 Å². The summed E-state index contributed by atoms with van der Waals surface area (Å²) in [5.41, 5.74) is 1.57. The molecular formula is C22H22N4O5. The van der Waals surface area contributed by atoms with Crippen LogP contribution in [-0.4, -0.2) is 54.2 Å². The lowest BCUT2D eigenvalue weighted by Gasteiger charge is -2.29. The van der Waals surface area contributed by atoms with Crippen LogP contribution >= 0.6 is 0 Å². The minimum atomic E-state index is -0.861.